The van der Waals surface area contributed by atoms with Crippen molar-refractivity contribution in [3.63, 3.8) is 0 Å². The molecule has 0 aliphatic heterocycles. The van der Waals surface area contributed by atoms with Crippen molar-refractivity contribution in [1.82, 2.24) is 14.6 Å². The number of anilines is 1. The molecule has 0 bridgehead atoms. The van der Waals surface area contributed by atoms with Gasteiger partial charge in [-0.05, 0) is 55.3 Å². The van der Waals surface area contributed by atoms with Crippen LogP contribution in [0.3, 0.4) is 0 Å². The summed E-state index contributed by atoms with van der Waals surface area (Å²) >= 11 is 7.49. The van der Waals surface area contributed by atoms with Gasteiger partial charge in [0.25, 0.3) is 0 Å². The van der Waals surface area contributed by atoms with E-state index in [2.05, 4.69) is 15.4 Å². The Bertz CT molecular complexity index is 1240. The molecule has 0 unspecified atom stereocenters. The van der Waals surface area contributed by atoms with Gasteiger partial charge in [-0.2, -0.15) is 5.10 Å². The first kappa shape index (κ1) is 20.4. The summed E-state index contributed by atoms with van der Waals surface area (Å²) in [7, 11) is 0. The van der Waals surface area contributed by atoms with Crippen LogP contribution < -0.4 is 5.32 Å². The Morgan fingerprint density at radius 2 is 1.97 bits per heavy atom. The number of halogens is 2. The first-order chi connectivity index (χ1) is 14.4. The number of aromatic nitrogens is 3. The number of rotatable bonds is 5. The average Bonchev–Trinajstić information content (AvgIpc) is 3.14. The van der Waals surface area contributed by atoms with E-state index in [9.17, 15) is 9.18 Å². The fourth-order valence-electron chi connectivity index (χ4n) is 3.05. The fraction of sp³-hybridized carbons (Fsp3) is 0.136. The van der Waals surface area contributed by atoms with Crippen molar-refractivity contribution < 1.29 is 9.18 Å². The number of fused-ring (bicyclic) bond motifs is 1. The summed E-state index contributed by atoms with van der Waals surface area (Å²) in [6, 6.07) is 13.5. The van der Waals surface area contributed by atoms with E-state index >= 15 is 0 Å². The highest BCUT2D eigenvalue weighted by molar-refractivity contribution is 7.99. The number of carbonyl (C=O) groups is 1. The van der Waals surface area contributed by atoms with E-state index in [1.54, 1.807) is 35.0 Å². The van der Waals surface area contributed by atoms with Crippen molar-refractivity contribution >= 4 is 40.6 Å². The molecule has 0 aliphatic rings. The minimum atomic E-state index is -0.295. The summed E-state index contributed by atoms with van der Waals surface area (Å²) < 4.78 is 15.0. The summed E-state index contributed by atoms with van der Waals surface area (Å²) in [6.45, 7) is 3.75. The molecule has 8 heteroatoms. The van der Waals surface area contributed by atoms with Gasteiger partial charge in [0.05, 0.1) is 11.9 Å². The Hall–Kier alpha value is -2.90. The third-order valence-electron chi connectivity index (χ3n) is 4.62. The van der Waals surface area contributed by atoms with Crippen molar-refractivity contribution in [3.8, 4) is 11.1 Å². The second-order valence-electron chi connectivity index (χ2n) is 6.79. The molecule has 5 nitrogen and oxygen atoms in total. The average molecular weight is 441 g/mol. The Morgan fingerprint density at radius 3 is 2.73 bits per heavy atom. The van der Waals surface area contributed by atoms with E-state index in [1.165, 1.54) is 23.9 Å². The first-order valence-corrected chi connectivity index (χ1v) is 10.6. The zero-order valence-corrected chi connectivity index (χ0v) is 17.9. The zero-order valence-electron chi connectivity index (χ0n) is 16.3. The molecule has 4 aromatic rings. The topological polar surface area (TPSA) is 59.3 Å². The van der Waals surface area contributed by atoms with Crippen LogP contribution in [0.15, 0.2) is 59.8 Å². The molecule has 0 fully saturated rings. The van der Waals surface area contributed by atoms with Gasteiger partial charge < -0.3 is 5.32 Å². The molecule has 2 aromatic heterocycles. The van der Waals surface area contributed by atoms with E-state index in [0.717, 1.165) is 27.4 Å². The molecule has 0 spiro atoms. The molecular weight excluding hydrogens is 423 g/mol. The smallest absolute Gasteiger partial charge is 0.234 e. The fourth-order valence-corrected chi connectivity index (χ4v) is 4.09. The molecule has 0 aliphatic carbocycles. The number of hydrogen-bond acceptors (Lipinski definition) is 4. The molecule has 2 heterocycles. The lowest BCUT2D eigenvalue weighted by Crippen LogP contribution is -2.15. The maximum absolute atomic E-state index is 13.3. The predicted octanol–water partition coefficient (Wildman–Crippen LogP) is 5.54. The molecule has 4 rings (SSSR count). The molecule has 0 radical (unpaired) electrons. The molecule has 0 atom stereocenters. The van der Waals surface area contributed by atoms with Gasteiger partial charge >= 0.3 is 0 Å². The van der Waals surface area contributed by atoms with Crippen molar-refractivity contribution in [3.05, 3.63) is 76.8 Å². The van der Waals surface area contributed by atoms with Crippen molar-refractivity contribution in [2.24, 2.45) is 0 Å². The minimum absolute atomic E-state index is 0.140. The lowest BCUT2D eigenvalue weighted by Gasteiger charge is -2.10. The summed E-state index contributed by atoms with van der Waals surface area (Å²) in [5, 5.41) is 8.74. The highest BCUT2D eigenvalue weighted by Gasteiger charge is 2.14. The zero-order chi connectivity index (χ0) is 21.3. The molecular formula is C22H18ClFN4OS. The van der Waals surface area contributed by atoms with Crippen LogP contribution in [0.1, 0.15) is 11.3 Å². The van der Waals surface area contributed by atoms with Crippen molar-refractivity contribution in [2.75, 3.05) is 11.1 Å². The molecule has 0 saturated carbocycles. The standard InChI is InChI=1S/C22H18ClFN4OS/c1-13-10-21(30-12-20(29)27-19-5-3-4-18(23)14(19)2)28-22(26-13)17(11-25-28)15-6-8-16(24)9-7-15/h3-11H,12H2,1-2H3,(H,27,29). The van der Waals surface area contributed by atoms with Gasteiger partial charge in [0.15, 0.2) is 5.65 Å². The number of carbonyl (C=O) groups excluding carboxylic acids is 1. The summed E-state index contributed by atoms with van der Waals surface area (Å²) in [5.74, 6) is -0.230. The summed E-state index contributed by atoms with van der Waals surface area (Å²) in [4.78, 5) is 17.1. The first-order valence-electron chi connectivity index (χ1n) is 9.21. The Kier molecular flexibility index (Phi) is 5.74. The number of nitrogens with one attached hydrogen (secondary N) is 1. The van der Waals surface area contributed by atoms with Crippen LogP contribution in [-0.2, 0) is 4.79 Å². The van der Waals surface area contributed by atoms with Crippen molar-refractivity contribution in [1.29, 1.82) is 0 Å². The number of thioether (sulfide) groups is 1. The molecule has 1 N–H and O–H groups in total. The Labute approximate surface area is 182 Å². The van der Waals surface area contributed by atoms with E-state index in [-0.39, 0.29) is 17.5 Å². The monoisotopic (exact) mass is 440 g/mol. The molecule has 2 aromatic carbocycles. The largest absolute Gasteiger partial charge is 0.325 e. The Morgan fingerprint density at radius 1 is 1.20 bits per heavy atom. The highest BCUT2D eigenvalue weighted by Crippen LogP contribution is 2.28. The number of hydrogen-bond donors (Lipinski definition) is 1. The van der Waals surface area contributed by atoms with Gasteiger partial charge in [-0.25, -0.2) is 13.9 Å². The van der Waals surface area contributed by atoms with Gasteiger partial charge in [-0.15, -0.1) is 0 Å². The van der Waals surface area contributed by atoms with Crippen LogP contribution in [0.25, 0.3) is 16.8 Å². The van der Waals surface area contributed by atoms with Gasteiger partial charge in [0, 0.05) is 22.0 Å². The number of aryl methyl sites for hydroxylation is 1. The summed E-state index contributed by atoms with van der Waals surface area (Å²) in [5.41, 5.74) is 4.63. The number of benzene rings is 2. The number of amides is 1. The quantitative estimate of drug-likeness (QED) is 0.327. The molecule has 1 amide bonds. The van der Waals surface area contributed by atoms with Crippen LogP contribution in [0.2, 0.25) is 5.02 Å². The van der Waals surface area contributed by atoms with Crippen LogP contribution in [0.4, 0.5) is 10.1 Å². The lowest BCUT2D eigenvalue weighted by atomic mass is 10.1. The third-order valence-corrected chi connectivity index (χ3v) is 6.02. The van der Waals surface area contributed by atoms with Gasteiger partial charge in [0.2, 0.25) is 5.91 Å². The van der Waals surface area contributed by atoms with E-state index in [0.29, 0.717) is 16.4 Å². The van der Waals surface area contributed by atoms with Gasteiger partial charge in [-0.3, -0.25) is 4.79 Å². The van der Waals surface area contributed by atoms with Crippen LogP contribution in [0.5, 0.6) is 0 Å². The van der Waals surface area contributed by atoms with Crippen molar-refractivity contribution in [2.45, 2.75) is 18.9 Å². The van der Waals surface area contributed by atoms with E-state index < -0.39 is 0 Å². The predicted molar refractivity (Wildman–Crippen MR) is 119 cm³/mol. The third kappa shape index (κ3) is 4.17. The second kappa shape index (κ2) is 8.45. The number of nitrogens with zero attached hydrogens (tertiary/aromatic N) is 3. The lowest BCUT2D eigenvalue weighted by molar-refractivity contribution is -0.113. The Balaban J connectivity index is 1.56. The second-order valence-corrected chi connectivity index (χ2v) is 8.19. The minimum Gasteiger partial charge on any atom is -0.325 e. The van der Waals surface area contributed by atoms with Crippen LogP contribution >= 0.6 is 23.4 Å². The van der Waals surface area contributed by atoms with Crippen LogP contribution in [0, 0.1) is 19.7 Å². The van der Waals surface area contributed by atoms with E-state index in [4.69, 9.17) is 11.6 Å². The van der Waals surface area contributed by atoms with E-state index in [1.807, 2.05) is 26.0 Å². The molecule has 0 saturated heterocycles. The highest BCUT2D eigenvalue weighted by atomic mass is 35.5. The molecule has 30 heavy (non-hydrogen) atoms. The van der Waals surface area contributed by atoms with Gasteiger partial charge in [0.1, 0.15) is 10.8 Å². The maximum Gasteiger partial charge on any atom is 0.234 e. The van der Waals surface area contributed by atoms with Gasteiger partial charge in [-0.1, -0.05) is 41.6 Å². The summed E-state index contributed by atoms with van der Waals surface area (Å²) in [6.07, 6.45) is 1.70. The van der Waals surface area contributed by atoms with Crippen LogP contribution in [-0.4, -0.2) is 26.3 Å². The molecule has 152 valence electrons. The SMILES string of the molecule is Cc1cc(SCC(=O)Nc2cccc(Cl)c2C)n2ncc(-c3ccc(F)cc3)c2n1. The maximum atomic E-state index is 13.3. The normalized spacial score (nSPS) is 11.1.